The molecule has 0 bridgehead atoms. The van der Waals surface area contributed by atoms with E-state index in [1.165, 1.54) is 4.57 Å². The molecule has 0 atom stereocenters. The molecule has 0 aliphatic heterocycles. The van der Waals surface area contributed by atoms with Gasteiger partial charge in [-0.05, 0) is 30.3 Å². The van der Waals surface area contributed by atoms with E-state index >= 15 is 0 Å². The van der Waals surface area contributed by atoms with Crippen molar-refractivity contribution in [2.75, 3.05) is 10.6 Å². The molecule has 106 valence electrons. The summed E-state index contributed by atoms with van der Waals surface area (Å²) in [6.07, 6.45) is 0. The number of nitrogens with zero attached hydrogens (tertiary/aromatic N) is 1. The van der Waals surface area contributed by atoms with E-state index in [4.69, 9.17) is 0 Å². The van der Waals surface area contributed by atoms with Crippen molar-refractivity contribution >= 4 is 28.4 Å². The summed E-state index contributed by atoms with van der Waals surface area (Å²) >= 11 is 0. The van der Waals surface area contributed by atoms with Gasteiger partial charge in [-0.25, -0.2) is 9.59 Å². The number of aromatic nitrogens is 2. The number of anilines is 2. The molecule has 21 heavy (non-hydrogen) atoms. The lowest BCUT2D eigenvalue weighted by Crippen LogP contribution is -2.19. The maximum absolute atomic E-state index is 11.9. The molecule has 1 heterocycles. The molecule has 0 fully saturated rings. The van der Waals surface area contributed by atoms with Gasteiger partial charge in [0.2, 0.25) is 0 Å². The van der Waals surface area contributed by atoms with Crippen LogP contribution in [0.4, 0.5) is 16.2 Å². The lowest BCUT2D eigenvalue weighted by molar-refractivity contribution is 0.262. The quantitative estimate of drug-likeness (QED) is 0.675. The Morgan fingerprint density at radius 3 is 2.52 bits per heavy atom. The molecule has 0 unspecified atom stereocenters. The van der Waals surface area contributed by atoms with Gasteiger partial charge in [-0.2, -0.15) is 0 Å². The van der Waals surface area contributed by atoms with Gasteiger partial charge in [-0.3, -0.25) is 4.57 Å². The lowest BCUT2D eigenvalue weighted by Gasteiger charge is -2.07. The van der Waals surface area contributed by atoms with Crippen molar-refractivity contribution in [2.24, 2.45) is 7.05 Å². The topological polar surface area (TPSA) is 78.9 Å². The van der Waals surface area contributed by atoms with E-state index in [0.717, 1.165) is 5.52 Å². The highest BCUT2D eigenvalue weighted by atomic mass is 16.2. The number of para-hydroxylation sites is 1. The standard InChI is InChI=1S/C15H14N4O2/c1-19-13-8-7-11(9-12(13)18-15(19)21)17-14(20)16-10-5-3-2-4-6-10/h2-9H,1H3,(H,18,21)(H2,16,17,20). The highest BCUT2D eigenvalue weighted by Crippen LogP contribution is 2.16. The summed E-state index contributed by atoms with van der Waals surface area (Å²) in [6.45, 7) is 0. The zero-order chi connectivity index (χ0) is 14.8. The molecule has 6 heteroatoms. The molecule has 2 aromatic carbocycles. The number of nitrogens with one attached hydrogen (secondary N) is 3. The van der Waals surface area contributed by atoms with Crippen LogP contribution in [0.5, 0.6) is 0 Å². The number of carbonyl (C=O) groups is 1. The van der Waals surface area contributed by atoms with Crippen molar-refractivity contribution in [3.8, 4) is 0 Å². The monoisotopic (exact) mass is 282 g/mol. The number of aromatic amines is 1. The number of benzene rings is 2. The number of aryl methyl sites for hydroxylation is 1. The highest BCUT2D eigenvalue weighted by Gasteiger charge is 2.06. The second-order valence-corrected chi connectivity index (χ2v) is 4.67. The van der Waals surface area contributed by atoms with Crippen LogP contribution in [0, 0.1) is 0 Å². The Morgan fingerprint density at radius 1 is 1.05 bits per heavy atom. The van der Waals surface area contributed by atoms with Crippen molar-refractivity contribution in [1.82, 2.24) is 9.55 Å². The average molecular weight is 282 g/mol. The van der Waals surface area contributed by atoms with Crippen molar-refractivity contribution in [2.45, 2.75) is 0 Å². The maximum Gasteiger partial charge on any atom is 0.326 e. The Bertz CT molecular complexity index is 849. The second kappa shape index (κ2) is 5.16. The summed E-state index contributed by atoms with van der Waals surface area (Å²) < 4.78 is 1.52. The minimum Gasteiger partial charge on any atom is -0.308 e. The van der Waals surface area contributed by atoms with Crippen LogP contribution >= 0.6 is 0 Å². The Kier molecular flexibility index (Phi) is 3.19. The fraction of sp³-hybridized carbons (Fsp3) is 0.0667. The number of H-pyrrole nitrogens is 1. The third kappa shape index (κ3) is 2.64. The molecule has 0 aliphatic carbocycles. The van der Waals surface area contributed by atoms with Crippen molar-refractivity contribution < 1.29 is 4.79 Å². The predicted molar refractivity (Wildman–Crippen MR) is 82.6 cm³/mol. The SMILES string of the molecule is Cn1c(=O)[nH]c2cc(NC(=O)Nc3ccccc3)ccc21. The first-order valence-corrected chi connectivity index (χ1v) is 6.45. The molecule has 0 saturated heterocycles. The summed E-state index contributed by atoms with van der Waals surface area (Å²) in [7, 11) is 1.69. The summed E-state index contributed by atoms with van der Waals surface area (Å²) in [6, 6.07) is 14.1. The van der Waals surface area contributed by atoms with Crippen LogP contribution in [0.3, 0.4) is 0 Å². The van der Waals surface area contributed by atoms with E-state index in [9.17, 15) is 9.59 Å². The molecule has 0 saturated carbocycles. The van der Waals surface area contributed by atoms with Gasteiger partial charge in [0.25, 0.3) is 0 Å². The number of imidazole rings is 1. The number of carbonyl (C=O) groups excluding carboxylic acids is 1. The van der Waals surface area contributed by atoms with E-state index in [0.29, 0.717) is 16.9 Å². The molecule has 0 aliphatic rings. The average Bonchev–Trinajstić information content (AvgIpc) is 2.74. The van der Waals surface area contributed by atoms with Crippen molar-refractivity contribution in [3.63, 3.8) is 0 Å². The van der Waals surface area contributed by atoms with E-state index in [-0.39, 0.29) is 11.7 Å². The molecule has 3 N–H and O–H groups in total. The molecule has 3 rings (SSSR count). The maximum atomic E-state index is 11.9. The number of rotatable bonds is 2. The van der Waals surface area contributed by atoms with E-state index in [2.05, 4.69) is 15.6 Å². The molecular formula is C15H14N4O2. The number of hydrogen-bond donors (Lipinski definition) is 3. The van der Waals surface area contributed by atoms with Gasteiger partial charge in [-0.1, -0.05) is 18.2 Å². The Balaban J connectivity index is 1.78. The normalized spacial score (nSPS) is 10.5. The fourth-order valence-corrected chi connectivity index (χ4v) is 2.13. The largest absolute Gasteiger partial charge is 0.326 e. The first-order chi connectivity index (χ1) is 10.1. The zero-order valence-electron chi connectivity index (χ0n) is 11.4. The van der Waals surface area contributed by atoms with Crippen molar-refractivity contribution in [3.05, 3.63) is 59.0 Å². The van der Waals surface area contributed by atoms with Crippen LogP contribution in [0.15, 0.2) is 53.3 Å². The van der Waals surface area contributed by atoms with Gasteiger partial charge in [0.05, 0.1) is 11.0 Å². The zero-order valence-corrected chi connectivity index (χ0v) is 11.4. The predicted octanol–water partition coefficient (Wildman–Crippen LogP) is 2.51. The van der Waals surface area contributed by atoms with E-state index in [1.807, 2.05) is 18.2 Å². The van der Waals surface area contributed by atoms with Gasteiger partial charge in [0, 0.05) is 18.4 Å². The van der Waals surface area contributed by atoms with Gasteiger partial charge in [0.1, 0.15) is 0 Å². The van der Waals surface area contributed by atoms with Crippen LogP contribution in [0.25, 0.3) is 11.0 Å². The molecular weight excluding hydrogens is 268 g/mol. The fourth-order valence-electron chi connectivity index (χ4n) is 2.13. The second-order valence-electron chi connectivity index (χ2n) is 4.67. The van der Waals surface area contributed by atoms with Crippen molar-refractivity contribution in [1.29, 1.82) is 0 Å². The summed E-state index contributed by atoms with van der Waals surface area (Å²) in [5, 5.41) is 5.46. The highest BCUT2D eigenvalue weighted by molar-refractivity contribution is 6.00. The first-order valence-electron chi connectivity index (χ1n) is 6.45. The first kappa shape index (κ1) is 13.0. The molecule has 0 radical (unpaired) electrons. The van der Waals surface area contributed by atoms with Crippen LogP contribution < -0.4 is 16.3 Å². The Hall–Kier alpha value is -3.02. The summed E-state index contributed by atoms with van der Waals surface area (Å²) in [5.41, 5.74) is 2.60. The van der Waals surface area contributed by atoms with Gasteiger partial charge >= 0.3 is 11.7 Å². The minimum absolute atomic E-state index is 0.184. The third-order valence-electron chi connectivity index (χ3n) is 3.19. The number of amides is 2. The Morgan fingerprint density at radius 2 is 1.76 bits per heavy atom. The summed E-state index contributed by atoms with van der Waals surface area (Å²) in [4.78, 5) is 26.1. The smallest absolute Gasteiger partial charge is 0.308 e. The van der Waals surface area contributed by atoms with Crippen LogP contribution in [0.1, 0.15) is 0 Å². The van der Waals surface area contributed by atoms with Gasteiger partial charge in [0.15, 0.2) is 0 Å². The van der Waals surface area contributed by atoms with Crippen LogP contribution in [0.2, 0.25) is 0 Å². The van der Waals surface area contributed by atoms with E-state index in [1.54, 1.807) is 37.4 Å². The van der Waals surface area contributed by atoms with Crippen LogP contribution in [-0.4, -0.2) is 15.6 Å². The molecule has 1 aromatic heterocycles. The minimum atomic E-state index is -0.334. The van der Waals surface area contributed by atoms with Crippen LogP contribution in [-0.2, 0) is 7.05 Å². The van der Waals surface area contributed by atoms with E-state index < -0.39 is 0 Å². The Labute approximate surface area is 120 Å². The molecule has 2 amide bonds. The lowest BCUT2D eigenvalue weighted by atomic mass is 10.2. The number of urea groups is 1. The van der Waals surface area contributed by atoms with Gasteiger partial charge < -0.3 is 15.6 Å². The number of fused-ring (bicyclic) bond motifs is 1. The number of hydrogen-bond acceptors (Lipinski definition) is 2. The third-order valence-corrected chi connectivity index (χ3v) is 3.19. The molecule has 6 nitrogen and oxygen atoms in total. The summed E-state index contributed by atoms with van der Waals surface area (Å²) in [5.74, 6) is 0. The van der Waals surface area contributed by atoms with Gasteiger partial charge in [-0.15, -0.1) is 0 Å². The molecule has 3 aromatic rings. The molecule has 0 spiro atoms.